The maximum Gasteiger partial charge on any atom is 0.312 e. The summed E-state index contributed by atoms with van der Waals surface area (Å²) in [6.45, 7) is 1.95. The number of carbonyl (C=O) groups is 1. The summed E-state index contributed by atoms with van der Waals surface area (Å²) in [6.07, 6.45) is 2.41. The fourth-order valence-corrected chi connectivity index (χ4v) is 1.47. The fourth-order valence-electron chi connectivity index (χ4n) is 1.47. The van der Waals surface area contributed by atoms with Crippen molar-refractivity contribution in [3.05, 3.63) is 0 Å². The van der Waals surface area contributed by atoms with E-state index in [-0.39, 0.29) is 25.2 Å². The summed E-state index contributed by atoms with van der Waals surface area (Å²) in [6, 6.07) is -0.992. The van der Waals surface area contributed by atoms with Crippen LogP contribution in [0.1, 0.15) is 26.2 Å². The van der Waals surface area contributed by atoms with Crippen LogP contribution in [0.4, 0.5) is 4.79 Å². The third kappa shape index (κ3) is 5.77. The number of hydrogen-bond acceptors (Lipinski definition) is 3. The van der Waals surface area contributed by atoms with Crippen molar-refractivity contribution in [3.8, 4) is 0 Å². The summed E-state index contributed by atoms with van der Waals surface area (Å²) in [5.74, 6) is 0.115. The van der Waals surface area contributed by atoms with Crippen LogP contribution >= 0.6 is 0 Å². The molecule has 0 aromatic heterocycles. The number of urea groups is 1. The second kappa shape index (κ2) is 7.58. The average Bonchev–Trinajstić information content (AvgIpc) is 2.15. The Morgan fingerprint density at radius 1 is 1.43 bits per heavy atom. The van der Waals surface area contributed by atoms with E-state index in [1.807, 2.05) is 6.92 Å². The van der Waals surface area contributed by atoms with Crippen molar-refractivity contribution in [1.82, 2.24) is 5.32 Å². The van der Waals surface area contributed by atoms with Crippen molar-refractivity contribution in [2.75, 3.05) is 13.2 Å². The number of nitrogens with two attached hydrogens (primary N) is 1. The minimum atomic E-state index is -0.641. The largest absolute Gasteiger partial charge is 0.396 e. The van der Waals surface area contributed by atoms with E-state index in [1.165, 1.54) is 0 Å². The van der Waals surface area contributed by atoms with Crippen molar-refractivity contribution in [3.63, 3.8) is 0 Å². The zero-order valence-corrected chi connectivity index (χ0v) is 8.57. The minimum Gasteiger partial charge on any atom is -0.396 e. The summed E-state index contributed by atoms with van der Waals surface area (Å²) in [7, 11) is 0. The molecule has 84 valence electrons. The number of amides is 2. The highest BCUT2D eigenvalue weighted by Gasteiger charge is 2.15. The van der Waals surface area contributed by atoms with Gasteiger partial charge in [0, 0.05) is 6.61 Å². The van der Waals surface area contributed by atoms with E-state index in [9.17, 15) is 4.79 Å². The van der Waals surface area contributed by atoms with Crippen LogP contribution in [0.5, 0.6) is 0 Å². The minimum absolute atomic E-state index is 0.0742. The summed E-state index contributed by atoms with van der Waals surface area (Å²) in [4.78, 5) is 10.5. The molecular formula is C9H20N2O3. The Morgan fingerprint density at radius 2 is 2.07 bits per heavy atom. The fraction of sp³-hybridized carbons (Fsp3) is 0.889. The highest BCUT2D eigenvalue weighted by atomic mass is 16.3. The third-order valence-electron chi connectivity index (χ3n) is 2.14. The third-order valence-corrected chi connectivity index (χ3v) is 2.14. The van der Waals surface area contributed by atoms with Gasteiger partial charge in [-0.1, -0.05) is 13.3 Å². The number of aliphatic hydroxyl groups excluding tert-OH is 2. The lowest BCUT2D eigenvalue weighted by Gasteiger charge is -2.20. The Labute approximate surface area is 84.3 Å². The van der Waals surface area contributed by atoms with Crippen LogP contribution in [0, 0.1) is 5.92 Å². The zero-order chi connectivity index (χ0) is 11.0. The van der Waals surface area contributed by atoms with Gasteiger partial charge in [-0.05, 0) is 18.8 Å². The maximum atomic E-state index is 10.5. The molecule has 0 radical (unpaired) electrons. The van der Waals surface area contributed by atoms with Crippen molar-refractivity contribution < 1.29 is 15.0 Å². The zero-order valence-electron chi connectivity index (χ0n) is 8.57. The van der Waals surface area contributed by atoms with Crippen molar-refractivity contribution in [1.29, 1.82) is 0 Å². The molecule has 5 nitrogen and oxygen atoms in total. The van der Waals surface area contributed by atoms with Gasteiger partial charge in [0.05, 0.1) is 12.6 Å². The number of nitrogens with one attached hydrogen (secondary N) is 1. The lowest BCUT2D eigenvalue weighted by molar-refractivity contribution is 0.169. The molecule has 0 aromatic carbocycles. The Bertz CT molecular complexity index is 164. The molecule has 0 aliphatic rings. The van der Waals surface area contributed by atoms with E-state index < -0.39 is 6.03 Å². The molecule has 5 N–H and O–H groups in total. The van der Waals surface area contributed by atoms with Crippen molar-refractivity contribution >= 4 is 6.03 Å². The normalized spacial score (nSPS) is 14.8. The molecule has 2 atom stereocenters. The molecule has 2 amide bonds. The summed E-state index contributed by atoms with van der Waals surface area (Å²) >= 11 is 0. The molecule has 0 saturated heterocycles. The van der Waals surface area contributed by atoms with Crippen molar-refractivity contribution in [2.45, 2.75) is 32.2 Å². The van der Waals surface area contributed by atoms with Crippen LogP contribution < -0.4 is 11.1 Å². The number of hydrogen-bond donors (Lipinski definition) is 4. The first kappa shape index (κ1) is 13.2. The number of primary amides is 1. The van der Waals surface area contributed by atoms with Gasteiger partial charge in [0.25, 0.3) is 0 Å². The number of aliphatic hydroxyl groups is 2. The Hall–Kier alpha value is -0.810. The molecular weight excluding hydrogens is 184 g/mol. The Kier molecular flexibility index (Phi) is 7.14. The van der Waals surface area contributed by atoms with Gasteiger partial charge in [0.15, 0.2) is 0 Å². The van der Waals surface area contributed by atoms with E-state index in [0.717, 1.165) is 12.8 Å². The van der Waals surface area contributed by atoms with Gasteiger partial charge in [-0.25, -0.2) is 4.79 Å². The van der Waals surface area contributed by atoms with E-state index in [2.05, 4.69) is 5.32 Å². The molecule has 0 bridgehead atoms. The Balaban J connectivity index is 3.93. The van der Waals surface area contributed by atoms with E-state index >= 15 is 0 Å². The predicted molar refractivity (Wildman–Crippen MR) is 53.7 cm³/mol. The molecule has 0 saturated carbocycles. The lowest BCUT2D eigenvalue weighted by Crippen LogP contribution is -2.42. The number of rotatable bonds is 7. The molecule has 2 unspecified atom stereocenters. The summed E-state index contributed by atoms with van der Waals surface area (Å²) < 4.78 is 0. The Morgan fingerprint density at radius 3 is 2.43 bits per heavy atom. The van der Waals surface area contributed by atoms with Gasteiger partial charge in [-0.3, -0.25) is 0 Å². The quantitative estimate of drug-likeness (QED) is 0.463. The molecule has 0 fully saturated rings. The van der Waals surface area contributed by atoms with Gasteiger partial charge in [-0.15, -0.1) is 0 Å². The predicted octanol–water partition coefficient (Wildman–Crippen LogP) is -0.186. The summed E-state index contributed by atoms with van der Waals surface area (Å²) in [5, 5.41) is 20.4. The second-order valence-corrected chi connectivity index (χ2v) is 3.46. The van der Waals surface area contributed by atoms with Crippen LogP contribution in [-0.4, -0.2) is 35.5 Å². The van der Waals surface area contributed by atoms with E-state index in [0.29, 0.717) is 6.42 Å². The first-order chi connectivity index (χ1) is 6.63. The number of carbonyl (C=O) groups excluding carboxylic acids is 1. The first-order valence-electron chi connectivity index (χ1n) is 4.91. The maximum absolute atomic E-state index is 10.5. The standard InChI is InChI=1S/C9H20N2O3/c1-2-3-7(5-12)4-8(6-13)11-9(10)14/h7-8,12-13H,2-6H2,1H3,(H3,10,11,14). The molecule has 0 aliphatic carbocycles. The van der Waals surface area contributed by atoms with Gasteiger partial charge in [-0.2, -0.15) is 0 Å². The molecule has 5 heteroatoms. The topological polar surface area (TPSA) is 95.6 Å². The van der Waals surface area contributed by atoms with Crippen LogP contribution in [0.25, 0.3) is 0 Å². The van der Waals surface area contributed by atoms with Crippen LogP contribution in [-0.2, 0) is 0 Å². The van der Waals surface area contributed by atoms with Gasteiger partial charge in [0.1, 0.15) is 0 Å². The van der Waals surface area contributed by atoms with E-state index in [4.69, 9.17) is 15.9 Å². The molecule has 14 heavy (non-hydrogen) atoms. The molecule has 0 spiro atoms. The smallest absolute Gasteiger partial charge is 0.312 e. The van der Waals surface area contributed by atoms with Gasteiger partial charge in [0.2, 0.25) is 0 Å². The van der Waals surface area contributed by atoms with E-state index in [1.54, 1.807) is 0 Å². The molecule has 0 heterocycles. The molecule has 0 aliphatic heterocycles. The highest BCUT2D eigenvalue weighted by molar-refractivity contribution is 5.71. The SMILES string of the molecule is CCCC(CO)CC(CO)NC(N)=O. The van der Waals surface area contributed by atoms with Gasteiger partial charge >= 0.3 is 6.03 Å². The van der Waals surface area contributed by atoms with Crippen LogP contribution in [0.2, 0.25) is 0 Å². The first-order valence-corrected chi connectivity index (χ1v) is 4.91. The second-order valence-electron chi connectivity index (χ2n) is 3.46. The van der Waals surface area contributed by atoms with Crippen LogP contribution in [0.15, 0.2) is 0 Å². The highest BCUT2D eigenvalue weighted by Crippen LogP contribution is 2.12. The lowest BCUT2D eigenvalue weighted by atomic mass is 9.96. The monoisotopic (exact) mass is 204 g/mol. The molecule has 0 rings (SSSR count). The van der Waals surface area contributed by atoms with Crippen molar-refractivity contribution in [2.24, 2.45) is 11.7 Å². The summed E-state index contributed by atoms with van der Waals surface area (Å²) in [5.41, 5.74) is 4.94. The average molecular weight is 204 g/mol. The van der Waals surface area contributed by atoms with Gasteiger partial charge < -0.3 is 21.3 Å². The molecule has 0 aromatic rings. The van der Waals surface area contributed by atoms with Crippen LogP contribution in [0.3, 0.4) is 0 Å².